The minimum absolute atomic E-state index is 0.210. The first-order valence-electron chi connectivity index (χ1n) is 3.27. The van der Waals surface area contributed by atoms with Gasteiger partial charge in [-0.3, -0.25) is 4.79 Å². The van der Waals surface area contributed by atoms with Gasteiger partial charge in [0, 0.05) is 19.2 Å². The highest BCUT2D eigenvalue weighted by molar-refractivity contribution is 5.68. The third kappa shape index (κ3) is 2.06. The summed E-state index contributed by atoms with van der Waals surface area (Å²) in [7, 11) is 0. The number of rotatable bonds is 1. The third-order valence-electron chi connectivity index (χ3n) is 1.11. The van der Waals surface area contributed by atoms with Crippen LogP contribution >= 0.6 is 0 Å². The van der Waals surface area contributed by atoms with Crippen LogP contribution in [0.15, 0.2) is 18.3 Å². The Balaban J connectivity index is 2.80. The fourth-order valence-electron chi connectivity index (χ4n) is 0.654. The molecular formula is C8H6N2O2. The van der Waals surface area contributed by atoms with Gasteiger partial charge in [-0.15, -0.1) is 0 Å². The predicted octanol–water partition coefficient (Wildman–Crippen LogP) is 0.879. The lowest BCUT2D eigenvalue weighted by molar-refractivity contribution is -0.132. The standard InChI is InChI=1S/C8H6N2O2/c1-6(11)12-8-3-2-7(4-9)5-10-8/h2-3,5H,1H3. The Morgan fingerprint density at radius 3 is 2.83 bits per heavy atom. The highest BCUT2D eigenvalue weighted by Crippen LogP contribution is 2.06. The van der Waals surface area contributed by atoms with E-state index in [9.17, 15) is 4.79 Å². The molecule has 0 amide bonds. The summed E-state index contributed by atoms with van der Waals surface area (Å²) in [5.74, 6) is -0.214. The van der Waals surface area contributed by atoms with Crippen LogP contribution in [0.5, 0.6) is 5.88 Å². The molecule has 0 bridgehead atoms. The summed E-state index contributed by atoms with van der Waals surface area (Å²) in [5, 5.41) is 8.41. The minimum Gasteiger partial charge on any atom is -0.408 e. The Hall–Kier alpha value is -1.89. The van der Waals surface area contributed by atoms with Crippen LogP contribution in [0.3, 0.4) is 0 Å². The normalized spacial score (nSPS) is 8.67. The molecule has 4 nitrogen and oxygen atoms in total. The Morgan fingerprint density at radius 1 is 1.67 bits per heavy atom. The van der Waals surface area contributed by atoms with Gasteiger partial charge in [0.15, 0.2) is 0 Å². The van der Waals surface area contributed by atoms with Gasteiger partial charge in [0.2, 0.25) is 5.88 Å². The highest BCUT2D eigenvalue weighted by Gasteiger charge is 1.98. The molecule has 1 aromatic heterocycles. The zero-order chi connectivity index (χ0) is 8.97. The average molecular weight is 162 g/mol. The number of ether oxygens (including phenoxy) is 1. The number of nitrogens with zero attached hydrogens (tertiary/aromatic N) is 2. The van der Waals surface area contributed by atoms with Crippen LogP contribution in [0, 0.1) is 11.3 Å². The molecule has 1 heterocycles. The number of carbonyl (C=O) groups is 1. The highest BCUT2D eigenvalue weighted by atomic mass is 16.5. The van der Waals surface area contributed by atoms with Gasteiger partial charge in [-0.05, 0) is 6.07 Å². The molecule has 0 unspecified atom stereocenters. The summed E-state index contributed by atoms with van der Waals surface area (Å²) < 4.78 is 4.65. The Kier molecular flexibility index (Phi) is 2.38. The molecule has 0 N–H and O–H groups in total. The number of nitriles is 1. The Bertz CT molecular complexity index is 324. The van der Waals surface area contributed by atoms with Crippen LogP contribution in [0.2, 0.25) is 0 Å². The second-order valence-corrected chi connectivity index (χ2v) is 2.09. The quantitative estimate of drug-likeness (QED) is 0.575. The van der Waals surface area contributed by atoms with Gasteiger partial charge in [-0.25, -0.2) is 4.98 Å². The van der Waals surface area contributed by atoms with Crippen molar-refractivity contribution in [1.29, 1.82) is 5.26 Å². The maximum Gasteiger partial charge on any atom is 0.309 e. The van der Waals surface area contributed by atoms with Crippen molar-refractivity contribution in [3.05, 3.63) is 23.9 Å². The Morgan fingerprint density at radius 2 is 2.42 bits per heavy atom. The zero-order valence-electron chi connectivity index (χ0n) is 6.44. The number of hydrogen-bond acceptors (Lipinski definition) is 4. The molecule has 60 valence electrons. The predicted molar refractivity (Wildman–Crippen MR) is 40.3 cm³/mol. The first kappa shape index (κ1) is 8.21. The summed E-state index contributed by atoms with van der Waals surface area (Å²) in [6.07, 6.45) is 1.35. The molecule has 0 aliphatic heterocycles. The number of pyridine rings is 1. The molecule has 1 aromatic rings. The fraction of sp³-hybridized carbons (Fsp3) is 0.125. The maximum atomic E-state index is 10.4. The molecule has 1 rings (SSSR count). The lowest BCUT2D eigenvalue weighted by atomic mass is 10.3. The summed E-state index contributed by atoms with van der Waals surface area (Å²) in [6, 6.07) is 4.91. The van der Waals surface area contributed by atoms with E-state index >= 15 is 0 Å². The molecule has 4 heteroatoms. The molecule has 0 aliphatic carbocycles. The van der Waals surface area contributed by atoms with Gasteiger partial charge in [0.05, 0.1) is 5.56 Å². The van der Waals surface area contributed by atoms with Crippen molar-refractivity contribution in [2.24, 2.45) is 0 Å². The summed E-state index contributed by atoms with van der Waals surface area (Å²) in [4.78, 5) is 14.2. The van der Waals surface area contributed by atoms with Crippen LogP contribution in [0.1, 0.15) is 12.5 Å². The van der Waals surface area contributed by atoms with Gasteiger partial charge in [0.25, 0.3) is 0 Å². The smallest absolute Gasteiger partial charge is 0.309 e. The minimum atomic E-state index is -0.424. The molecular weight excluding hydrogens is 156 g/mol. The fourth-order valence-corrected chi connectivity index (χ4v) is 0.654. The topological polar surface area (TPSA) is 63.0 Å². The first-order valence-corrected chi connectivity index (χ1v) is 3.27. The second-order valence-electron chi connectivity index (χ2n) is 2.09. The van der Waals surface area contributed by atoms with Crippen molar-refractivity contribution in [2.45, 2.75) is 6.92 Å². The van der Waals surface area contributed by atoms with E-state index in [0.29, 0.717) is 5.56 Å². The van der Waals surface area contributed by atoms with Crippen molar-refractivity contribution in [3.8, 4) is 11.9 Å². The molecule has 0 saturated carbocycles. The van der Waals surface area contributed by atoms with E-state index in [2.05, 4.69) is 9.72 Å². The molecule has 0 aliphatic rings. The SMILES string of the molecule is CC(=O)Oc1ccc(C#N)cn1. The van der Waals surface area contributed by atoms with E-state index < -0.39 is 5.97 Å². The van der Waals surface area contributed by atoms with Crippen molar-refractivity contribution in [3.63, 3.8) is 0 Å². The Labute approximate surface area is 69.4 Å². The van der Waals surface area contributed by atoms with Crippen LogP contribution < -0.4 is 4.74 Å². The second kappa shape index (κ2) is 3.49. The molecule has 0 spiro atoms. The average Bonchev–Trinajstić information content (AvgIpc) is 2.05. The zero-order valence-corrected chi connectivity index (χ0v) is 6.44. The molecule has 0 aromatic carbocycles. The van der Waals surface area contributed by atoms with E-state index in [1.165, 1.54) is 25.3 Å². The lowest BCUT2D eigenvalue weighted by Gasteiger charge is -1.97. The van der Waals surface area contributed by atoms with Gasteiger partial charge in [-0.1, -0.05) is 0 Å². The van der Waals surface area contributed by atoms with Gasteiger partial charge in [-0.2, -0.15) is 5.26 Å². The first-order chi connectivity index (χ1) is 5.72. The van der Waals surface area contributed by atoms with Crippen LogP contribution in [0.25, 0.3) is 0 Å². The number of esters is 1. The van der Waals surface area contributed by atoms with Crippen molar-refractivity contribution in [2.75, 3.05) is 0 Å². The number of hydrogen-bond donors (Lipinski definition) is 0. The van der Waals surface area contributed by atoms with Gasteiger partial charge < -0.3 is 4.74 Å². The number of carbonyl (C=O) groups excluding carboxylic acids is 1. The molecule has 0 radical (unpaired) electrons. The molecule has 12 heavy (non-hydrogen) atoms. The maximum absolute atomic E-state index is 10.4. The van der Waals surface area contributed by atoms with E-state index in [-0.39, 0.29) is 5.88 Å². The largest absolute Gasteiger partial charge is 0.408 e. The van der Waals surface area contributed by atoms with Crippen LogP contribution in [-0.4, -0.2) is 11.0 Å². The number of aromatic nitrogens is 1. The molecule has 0 saturated heterocycles. The van der Waals surface area contributed by atoms with Crippen molar-refractivity contribution >= 4 is 5.97 Å². The van der Waals surface area contributed by atoms with E-state index in [4.69, 9.17) is 5.26 Å². The summed E-state index contributed by atoms with van der Waals surface area (Å²) >= 11 is 0. The van der Waals surface area contributed by atoms with Crippen LogP contribution in [-0.2, 0) is 4.79 Å². The van der Waals surface area contributed by atoms with Crippen molar-refractivity contribution < 1.29 is 9.53 Å². The summed E-state index contributed by atoms with van der Waals surface area (Å²) in [5.41, 5.74) is 0.436. The third-order valence-corrected chi connectivity index (χ3v) is 1.11. The van der Waals surface area contributed by atoms with E-state index in [1.807, 2.05) is 6.07 Å². The van der Waals surface area contributed by atoms with Gasteiger partial charge in [0.1, 0.15) is 6.07 Å². The summed E-state index contributed by atoms with van der Waals surface area (Å²) in [6.45, 7) is 1.29. The van der Waals surface area contributed by atoms with Crippen LogP contribution in [0.4, 0.5) is 0 Å². The van der Waals surface area contributed by atoms with Gasteiger partial charge >= 0.3 is 5.97 Å². The van der Waals surface area contributed by atoms with E-state index in [0.717, 1.165) is 0 Å². The lowest BCUT2D eigenvalue weighted by Crippen LogP contribution is -2.02. The molecule has 0 atom stereocenters. The molecule has 0 fully saturated rings. The van der Waals surface area contributed by atoms with E-state index in [1.54, 1.807) is 0 Å². The van der Waals surface area contributed by atoms with Crippen molar-refractivity contribution in [1.82, 2.24) is 4.98 Å². The monoisotopic (exact) mass is 162 g/mol.